The van der Waals surface area contributed by atoms with Gasteiger partial charge in [-0.05, 0) is 56.8 Å². The van der Waals surface area contributed by atoms with Crippen molar-refractivity contribution in [3.05, 3.63) is 29.8 Å². The van der Waals surface area contributed by atoms with Crippen molar-refractivity contribution in [2.75, 3.05) is 32.7 Å². The Kier molecular flexibility index (Phi) is 9.10. The standard InChI is InChI=1S/C20H27F2N3O3.ClH/c21-20(22)28-17-6-2-1-5-16(17)19(27)25-11-3-4-15(13-25)18(26)24-10-8-14-7-9-23-12-14;/h1-2,5-6,14-15,20,23H,3-4,7-13H2,(H,24,26);1H. The fourth-order valence-corrected chi connectivity index (χ4v) is 3.89. The Morgan fingerprint density at radius 2 is 2.07 bits per heavy atom. The zero-order valence-electron chi connectivity index (χ0n) is 16.2. The molecule has 162 valence electrons. The predicted molar refractivity (Wildman–Crippen MR) is 108 cm³/mol. The van der Waals surface area contributed by atoms with Gasteiger partial charge in [-0.2, -0.15) is 8.78 Å². The first-order chi connectivity index (χ1) is 13.5. The largest absolute Gasteiger partial charge is 0.434 e. The zero-order chi connectivity index (χ0) is 19.9. The Morgan fingerprint density at radius 1 is 1.28 bits per heavy atom. The molecule has 0 spiro atoms. The van der Waals surface area contributed by atoms with Crippen LogP contribution in [0.15, 0.2) is 24.3 Å². The number of likely N-dealkylation sites (tertiary alicyclic amines) is 1. The number of amides is 2. The molecule has 2 aliphatic heterocycles. The van der Waals surface area contributed by atoms with Gasteiger partial charge in [-0.1, -0.05) is 12.1 Å². The summed E-state index contributed by atoms with van der Waals surface area (Å²) in [6.07, 6.45) is 3.51. The van der Waals surface area contributed by atoms with Gasteiger partial charge in [0.05, 0.1) is 11.5 Å². The second-order valence-corrected chi connectivity index (χ2v) is 7.40. The third-order valence-corrected chi connectivity index (χ3v) is 5.43. The zero-order valence-corrected chi connectivity index (χ0v) is 17.1. The van der Waals surface area contributed by atoms with Crippen LogP contribution in [0.4, 0.5) is 8.78 Å². The molecule has 0 aliphatic carbocycles. The molecule has 2 heterocycles. The van der Waals surface area contributed by atoms with Crippen LogP contribution in [0, 0.1) is 11.8 Å². The minimum Gasteiger partial charge on any atom is -0.434 e. The second-order valence-electron chi connectivity index (χ2n) is 7.40. The van der Waals surface area contributed by atoms with Crippen LogP contribution in [0.5, 0.6) is 5.75 Å². The molecule has 2 atom stereocenters. The Bertz CT molecular complexity index is 687. The number of halogens is 3. The molecule has 2 amide bonds. The molecule has 0 bridgehead atoms. The summed E-state index contributed by atoms with van der Waals surface area (Å²) in [4.78, 5) is 26.9. The number of benzene rings is 1. The number of ether oxygens (including phenoxy) is 1. The fraction of sp³-hybridized carbons (Fsp3) is 0.600. The summed E-state index contributed by atoms with van der Waals surface area (Å²) in [6, 6.07) is 5.98. The highest BCUT2D eigenvalue weighted by atomic mass is 35.5. The van der Waals surface area contributed by atoms with Crippen molar-refractivity contribution in [1.29, 1.82) is 0 Å². The molecule has 29 heavy (non-hydrogen) atoms. The Hall–Kier alpha value is -1.93. The topological polar surface area (TPSA) is 70.7 Å². The number of para-hydroxylation sites is 1. The van der Waals surface area contributed by atoms with Crippen LogP contribution in [0.2, 0.25) is 0 Å². The molecule has 1 aromatic carbocycles. The van der Waals surface area contributed by atoms with E-state index in [-0.39, 0.29) is 41.5 Å². The van der Waals surface area contributed by atoms with Gasteiger partial charge in [0.1, 0.15) is 5.75 Å². The van der Waals surface area contributed by atoms with E-state index in [9.17, 15) is 18.4 Å². The first-order valence-electron chi connectivity index (χ1n) is 9.86. The van der Waals surface area contributed by atoms with Gasteiger partial charge in [0.25, 0.3) is 5.91 Å². The number of carbonyl (C=O) groups excluding carboxylic acids is 2. The molecule has 2 fully saturated rings. The molecule has 1 aromatic rings. The lowest BCUT2D eigenvalue weighted by Crippen LogP contribution is -2.45. The number of alkyl halides is 2. The van der Waals surface area contributed by atoms with E-state index in [1.807, 2.05) is 0 Å². The van der Waals surface area contributed by atoms with E-state index < -0.39 is 6.61 Å². The third-order valence-electron chi connectivity index (χ3n) is 5.43. The van der Waals surface area contributed by atoms with E-state index in [1.165, 1.54) is 12.1 Å². The van der Waals surface area contributed by atoms with Crippen molar-refractivity contribution in [3.8, 4) is 5.75 Å². The molecule has 2 N–H and O–H groups in total. The van der Waals surface area contributed by atoms with Crippen molar-refractivity contribution in [2.45, 2.75) is 32.3 Å². The van der Waals surface area contributed by atoms with E-state index in [2.05, 4.69) is 15.4 Å². The lowest BCUT2D eigenvalue weighted by molar-refractivity contribution is -0.126. The molecular weight excluding hydrogens is 404 g/mol. The summed E-state index contributed by atoms with van der Waals surface area (Å²) < 4.78 is 29.7. The number of hydrogen-bond donors (Lipinski definition) is 2. The molecular formula is C20H28ClF2N3O3. The number of nitrogens with zero attached hydrogens (tertiary/aromatic N) is 1. The molecule has 3 rings (SSSR count). The van der Waals surface area contributed by atoms with Gasteiger partial charge in [0, 0.05) is 19.6 Å². The van der Waals surface area contributed by atoms with Gasteiger partial charge < -0.3 is 20.3 Å². The Balaban J connectivity index is 0.00000300. The lowest BCUT2D eigenvalue weighted by atomic mass is 9.96. The smallest absolute Gasteiger partial charge is 0.387 e. The third kappa shape index (κ3) is 6.54. The average molecular weight is 432 g/mol. The van der Waals surface area contributed by atoms with E-state index in [0.717, 1.165) is 32.4 Å². The molecule has 9 heteroatoms. The monoisotopic (exact) mass is 431 g/mol. The first-order valence-corrected chi connectivity index (χ1v) is 9.86. The number of hydrogen-bond acceptors (Lipinski definition) is 4. The highest BCUT2D eigenvalue weighted by Crippen LogP contribution is 2.25. The van der Waals surface area contributed by atoms with Crippen LogP contribution in [-0.4, -0.2) is 56.0 Å². The Morgan fingerprint density at radius 3 is 2.79 bits per heavy atom. The maximum absolute atomic E-state index is 12.8. The minimum absolute atomic E-state index is 0. The van der Waals surface area contributed by atoms with Crippen molar-refractivity contribution in [3.63, 3.8) is 0 Å². The second kappa shape index (κ2) is 11.3. The number of carbonyl (C=O) groups is 2. The molecule has 0 radical (unpaired) electrons. The average Bonchev–Trinajstić information content (AvgIpc) is 3.21. The van der Waals surface area contributed by atoms with Crippen LogP contribution >= 0.6 is 12.4 Å². The van der Waals surface area contributed by atoms with Crippen molar-refractivity contribution < 1.29 is 23.1 Å². The minimum atomic E-state index is -3.00. The highest BCUT2D eigenvalue weighted by Gasteiger charge is 2.30. The van der Waals surface area contributed by atoms with Gasteiger partial charge in [-0.25, -0.2) is 0 Å². The van der Waals surface area contributed by atoms with Crippen LogP contribution in [0.1, 0.15) is 36.0 Å². The SMILES string of the molecule is Cl.O=C(NCCC1CCNC1)C1CCCN(C(=O)c2ccccc2OC(F)F)C1. The van der Waals surface area contributed by atoms with Gasteiger partial charge in [0.15, 0.2) is 0 Å². The van der Waals surface area contributed by atoms with Crippen molar-refractivity contribution in [2.24, 2.45) is 11.8 Å². The van der Waals surface area contributed by atoms with Gasteiger partial charge in [-0.3, -0.25) is 9.59 Å². The quantitative estimate of drug-likeness (QED) is 0.696. The lowest BCUT2D eigenvalue weighted by Gasteiger charge is -2.32. The summed E-state index contributed by atoms with van der Waals surface area (Å²) in [7, 11) is 0. The number of rotatable bonds is 7. The Labute approximate surface area is 175 Å². The summed E-state index contributed by atoms with van der Waals surface area (Å²) >= 11 is 0. The van der Waals surface area contributed by atoms with Crippen molar-refractivity contribution >= 4 is 24.2 Å². The van der Waals surface area contributed by atoms with Gasteiger partial charge in [-0.15, -0.1) is 12.4 Å². The van der Waals surface area contributed by atoms with Gasteiger partial charge in [0.2, 0.25) is 5.91 Å². The molecule has 2 aliphatic rings. The summed E-state index contributed by atoms with van der Waals surface area (Å²) in [5.74, 6) is -0.232. The van der Waals surface area contributed by atoms with E-state index >= 15 is 0 Å². The van der Waals surface area contributed by atoms with Crippen molar-refractivity contribution in [1.82, 2.24) is 15.5 Å². The molecule has 2 unspecified atom stereocenters. The van der Waals surface area contributed by atoms with Gasteiger partial charge >= 0.3 is 6.61 Å². The normalized spacial score (nSPS) is 21.6. The summed E-state index contributed by atoms with van der Waals surface area (Å²) in [5, 5.41) is 6.30. The maximum Gasteiger partial charge on any atom is 0.387 e. The van der Waals surface area contributed by atoms with Crippen LogP contribution in [0.25, 0.3) is 0 Å². The highest BCUT2D eigenvalue weighted by molar-refractivity contribution is 5.97. The molecule has 0 saturated carbocycles. The molecule has 2 saturated heterocycles. The number of nitrogens with one attached hydrogen (secondary N) is 2. The van der Waals surface area contributed by atoms with Crippen LogP contribution < -0.4 is 15.4 Å². The first kappa shape index (κ1) is 23.3. The van der Waals surface area contributed by atoms with E-state index in [1.54, 1.807) is 17.0 Å². The molecule has 6 nitrogen and oxygen atoms in total. The predicted octanol–water partition coefficient (Wildman–Crippen LogP) is 2.68. The molecule has 0 aromatic heterocycles. The van der Waals surface area contributed by atoms with Crippen LogP contribution in [0.3, 0.4) is 0 Å². The van der Waals surface area contributed by atoms with Crippen LogP contribution in [-0.2, 0) is 4.79 Å². The van der Waals surface area contributed by atoms with E-state index in [4.69, 9.17) is 0 Å². The summed E-state index contributed by atoms with van der Waals surface area (Å²) in [6.45, 7) is 0.471. The number of piperidine rings is 1. The maximum atomic E-state index is 12.8. The fourth-order valence-electron chi connectivity index (χ4n) is 3.89. The van der Waals surface area contributed by atoms with E-state index in [0.29, 0.717) is 32.0 Å². The summed E-state index contributed by atoms with van der Waals surface area (Å²) in [5.41, 5.74) is 0.0950.